The minimum Gasteiger partial charge on any atom is -0.444 e. The molecule has 3 N–H and O–H groups in total. The van der Waals surface area contributed by atoms with Crippen LogP contribution in [-0.4, -0.2) is 53.7 Å². The van der Waals surface area contributed by atoms with Crippen LogP contribution in [0.2, 0.25) is 0 Å². The second-order valence-corrected chi connectivity index (χ2v) is 8.14. The van der Waals surface area contributed by atoms with Gasteiger partial charge in [-0.25, -0.2) is 4.79 Å². The zero-order valence-electron chi connectivity index (χ0n) is 15.7. The van der Waals surface area contributed by atoms with Gasteiger partial charge in [-0.05, 0) is 44.9 Å². The predicted octanol–water partition coefficient (Wildman–Crippen LogP) is 3.56. The third kappa shape index (κ3) is 8.48. The lowest BCUT2D eigenvalue weighted by Gasteiger charge is -2.27. The Morgan fingerprint density at radius 3 is 2.46 bits per heavy atom. The number of benzene rings is 1. The minimum atomic E-state index is -0.505. The third-order valence-corrected chi connectivity index (χ3v) is 4.55. The van der Waals surface area contributed by atoms with E-state index in [4.69, 9.17) is 10.5 Å². The molecule has 6 nitrogen and oxygen atoms in total. The number of nitrogens with two attached hydrogens (primary N) is 1. The van der Waals surface area contributed by atoms with Crippen molar-refractivity contribution in [2.45, 2.75) is 32.8 Å². The number of rotatable bonds is 4. The summed E-state index contributed by atoms with van der Waals surface area (Å²) in [5, 5.41) is 2.73. The molecule has 1 fully saturated rings. The molecule has 0 radical (unpaired) electrons. The summed E-state index contributed by atoms with van der Waals surface area (Å²) < 4.78 is 5.23. The molecule has 0 aliphatic carbocycles. The number of guanidine groups is 1. The van der Waals surface area contributed by atoms with Crippen LogP contribution in [0, 0.1) is 0 Å². The standard InChI is InChI=1S/C18H28N4O2S.HI/c1-18(2,3)24-17(23)21-15-6-4-14(5-7-15)8-9-20-16(19)22-10-12-25-13-11-22;/h4-7H,8-13H2,1-3H3,(H2,19,20)(H,21,23);1H. The van der Waals surface area contributed by atoms with Gasteiger partial charge in [-0.1, -0.05) is 12.1 Å². The van der Waals surface area contributed by atoms with E-state index in [0.29, 0.717) is 18.2 Å². The molecule has 1 aromatic rings. The molecule has 0 saturated carbocycles. The maximum atomic E-state index is 11.7. The Balaban J connectivity index is 0.00000338. The lowest BCUT2D eigenvalue weighted by Crippen LogP contribution is -2.42. The molecule has 0 atom stereocenters. The number of halogens is 1. The number of anilines is 1. The van der Waals surface area contributed by atoms with Crippen LogP contribution >= 0.6 is 35.7 Å². The summed E-state index contributed by atoms with van der Waals surface area (Å²) in [6.45, 7) is 8.13. The van der Waals surface area contributed by atoms with Crippen LogP contribution in [0.4, 0.5) is 10.5 Å². The normalized spacial score (nSPS) is 15.2. The van der Waals surface area contributed by atoms with Crippen LogP contribution < -0.4 is 11.1 Å². The molecular formula is C18H29IN4O2S. The molecule has 1 saturated heterocycles. The van der Waals surface area contributed by atoms with Crippen LogP contribution in [0.15, 0.2) is 29.3 Å². The monoisotopic (exact) mass is 492 g/mol. The quantitative estimate of drug-likeness (QED) is 0.382. The Morgan fingerprint density at radius 1 is 1.27 bits per heavy atom. The first-order valence-corrected chi connectivity index (χ1v) is 9.70. The second-order valence-electron chi connectivity index (χ2n) is 6.91. The number of hydrogen-bond acceptors (Lipinski definition) is 4. The summed E-state index contributed by atoms with van der Waals surface area (Å²) in [4.78, 5) is 18.4. The summed E-state index contributed by atoms with van der Waals surface area (Å²) >= 11 is 1.95. The Kier molecular flexibility index (Phi) is 9.56. The van der Waals surface area contributed by atoms with Crippen molar-refractivity contribution in [3.05, 3.63) is 29.8 Å². The lowest BCUT2D eigenvalue weighted by atomic mass is 10.1. The van der Waals surface area contributed by atoms with Crippen molar-refractivity contribution in [2.24, 2.45) is 10.7 Å². The van der Waals surface area contributed by atoms with Crippen LogP contribution in [0.3, 0.4) is 0 Å². The highest BCUT2D eigenvalue weighted by atomic mass is 127. The molecule has 26 heavy (non-hydrogen) atoms. The molecule has 8 heteroatoms. The van der Waals surface area contributed by atoms with Gasteiger partial charge in [0.1, 0.15) is 5.60 Å². The molecule has 1 amide bonds. The van der Waals surface area contributed by atoms with Crippen molar-refractivity contribution in [2.75, 3.05) is 36.5 Å². The maximum absolute atomic E-state index is 11.7. The average molecular weight is 492 g/mol. The average Bonchev–Trinajstić information content (AvgIpc) is 2.55. The van der Waals surface area contributed by atoms with E-state index in [-0.39, 0.29) is 24.0 Å². The number of thioether (sulfide) groups is 1. The van der Waals surface area contributed by atoms with Crippen molar-refractivity contribution in [3.8, 4) is 0 Å². The molecule has 146 valence electrons. The fourth-order valence-corrected chi connectivity index (χ4v) is 3.27. The fraction of sp³-hybridized carbons (Fsp3) is 0.556. The van der Waals surface area contributed by atoms with E-state index in [1.54, 1.807) is 0 Å². The Labute approximate surface area is 177 Å². The second kappa shape index (κ2) is 10.9. The molecule has 1 heterocycles. The summed E-state index contributed by atoms with van der Waals surface area (Å²) in [6.07, 6.45) is 0.369. The minimum absolute atomic E-state index is 0. The van der Waals surface area contributed by atoms with E-state index in [0.717, 1.165) is 36.6 Å². The topological polar surface area (TPSA) is 79.9 Å². The molecule has 0 aromatic heterocycles. The van der Waals surface area contributed by atoms with Gasteiger partial charge in [0.25, 0.3) is 0 Å². The first-order valence-electron chi connectivity index (χ1n) is 8.55. The van der Waals surface area contributed by atoms with Gasteiger partial charge in [-0.3, -0.25) is 10.3 Å². The number of ether oxygens (including phenoxy) is 1. The number of hydrogen-bond donors (Lipinski definition) is 2. The van der Waals surface area contributed by atoms with E-state index in [1.807, 2.05) is 56.8 Å². The van der Waals surface area contributed by atoms with E-state index in [9.17, 15) is 4.79 Å². The number of carbonyl (C=O) groups excluding carboxylic acids is 1. The van der Waals surface area contributed by atoms with Crippen LogP contribution in [0.5, 0.6) is 0 Å². The molecule has 0 bridgehead atoms. The molecule has 1 aromatic carbocycles. The molecule has 1 aliphatic heterocycles. The van der Waals surface area contributed by atoms with Gasteiger partial charge in [-0.2, -0.15) is 11.8 Å². The first-order chi connectivity index (χ1) is 11.8. The van der Waals surface area contributed by atoms with Crippen molar-refractivity contribution < 1.29 is 9.53 Å². The van der Waals surface area contributed by atoms with Crippen molar-refractivity contribution >= 4 is 53.5 Å². The molecule has 0 spiro atoms. The number of nitrogens with zero attached hydrogens (tertiary/aromatic N) is 2. The van der Waals surface area contributed by atoms with Gasteiger partial charge >= 0.3 is 6.09 Å². The van der Waals surface area contributed by atoms with E-state index >= 15 is 0 Å². The highest BCUT2D eigenvalue weighted by Gasteiger charge is 2.16. The maximum Gasteiger partial charge on any atom is 0.412 e. The van der Waals surface area contributed by atoms with Crippen molar-refractivity contribution in [3.63, 3.8) is 0 Å². The van der Waals surface area contributed by atoms with Crippen molar-refractivity contribution in [1.29, 1.82) is 0 Å². The Morgan fingerprint density at radius 2 is 1.88 bits per heavy atom. The van der Waals surface area contributed by atoms with Crippen LogP contribution in [-0.2, 0) is 11.2 Å². The Hall–Kier alpha value is -1.16. The lowest BCUT2D eigenvalue weighted by molar-refractivity contribution is 0.0636. The number of nitrogens with one attached hydrogen (secondary N) is 1. The highest BCUT2D eigenvalue weighted by molar-refractivity contribution is 14.0. The van der Waals surface area contributed by atoms with Gasteiger partial charge in [-0.15, -0.1) is 24.0 Å². The molecule has 2 rings (SSSR count). The summed E-state index contributed by atoms with van der Waals surface area (Å²) in [7, 11) is 0. The summed E-state index contributed by atoms with van der Waals surface area (Å²) in [5.74, 6) is 2.87. The van der Waals surface area contributed by atoms with E-state index < -0.39 is 11.7 Å². The molecular weight excluding hydrogens is 463 g/mol. The zero-order valence-corrected chi connectivity index (χ0v) is 18.8. The van der Waals surface area contributed by atoms with Crippen LogP contribution in [0.1, 0.15) is 26.3 Å². The Bertz CT molecular complexity index is 596. The van der Waals surface area contributed by atoms with Crippen molar-refractivity contribution in [1.82, 2.24) is 4.90 Å². The smallest absolute Gasteiger partial charge is 0.412 e. The van der Waals surface area contributed by atoms with Gasteiger partial charge in [0, 0.05) is 36.8 Å². The number of carbonyl (C=O) groups is 1. The third-order valence-electron chi connectivity index (χ3n) is 3.61. The van der Waals surface area contributed by atoms with Crippen LogP contribution in [0.25, 0.3) is 0 Å². The molecule has 0 unspecified atom stereocenters. The SMILES string of the molecule is CC(C)(C)OC(=O)Nc1ccc(CCN=C(N)N2CCSCC2)cc1.I. The first kappa shape index (κ1) is 22.9. The predicted molar refractivity (Wildman–Crippen MR) is 121 cm³/mol. The van der Waals surface area contributed by atoms with Gasteiger partial charge in [0.2, 0.25) is 0 Å². The number of amides is 1. The fourth-order valence-electron chi connectivity index (χ4n) is 2.37. The van der Waals surface area contributed by atoms with E-state index in [1.165, 1.54) is 0 Å². The van der Waals surface area contributed by atoms with Gasteiger partial charge in [0.15, 0.2) is 5.96 Å². The number of aliphatic imine (C=N–C) groups is 1. The van der Waals surface area contributed by atoms with Gasteiger partial charge < -0.3 is 15.4 Å². The molecule has 1 aliphatic rings. The zero-order chi connectivity index (χ0) is 18.3. The summed E-state index contributed by atoms with van der Waals surface area (Å²) in [6, 6.07) is 7.70. The van der Waals surface area contributed by atoms with E-state index in [2.05, 4.69) is 15.2 Å². The van der Waals surface area contributed by atoms with Gasteiger partial charge in [0.05, 0.1) is 0 Å². The highest BCUT2D eigenvalue weighted by Crippen LogP contribution is 2.13. The summed E-state index contributed by atoms with van der Waals surface area (Å²) in [5.41, 5.74) is 7.41. The largest absolute Gasteiger partial charge is 0.444 e.